The Hall–Kier alpha value is -4.04. The lowest BCUT2D eigenvalue weighted by Crippen LogP contribution is -2.51. The zero-order chi connectivity index (χ0) is 28.8. The standard InChI is InChI=1S/C34H36O7/c1-38-30-15-25(13-14-29(30)40-20-23-9-5-3-6-10-23)33-27-17-32(41-21-24-11-7-4-8-12-24)31(39-2)16-26(27)18-34(37,22-36)28(33)19-35/h3-17,28,33,35-37H,18-22H2,1-2H3/t28-,33+,34-/m0/s1. The second-order valence-electron chi connectivity index (χ2n) is 10.4. The second-order valence-corrected chi connectivity index (χ2v) is 10.4. The van der Waals surface area contributed by atoms with Gasteiger partial charge >= 0.3 is 0 Å². The van der Waals surface area contributed by atoms with Crippen LogP contribution < -0.4 is 18.9 Å². The Bertz CT molecular complexity index is 1440. The molecule has 0 unspecified atom stereocenters. The topological polar surface area (TPSA) is 97.6 Å². The molecule has 0 spiro atoms. The van der Waals surface area contributed by atoms with E-state index in [0.717, 1.165) is 27.8 Å². The highest BCUT2D eigenvalue weighted by Crippen LogP contribution is 2.49. The highest BCUT2D eigenvalue weighted by atomic mass is 16.5. The summed E-state index contributed by atoms with van der Waals surface area (Å²) in [6.07, 6.45) is 0.158. The van der Waals surface area contributed by atoms with E-state index >= 15 is 0 Å². The summed E-state index contributed by atoms with van der Waals surface area (Å²) < 4.78 is 23.6. The minimum absolute atomic E-state index is 0.158. The van der Waals surface area contributed by atoms with Crippen LogP contribution in [0.3, 0.4) is 0 Å². The summed E-state index contributed by atoms with van der Waals surface area (Å²) in [6, 6.07) is 29.1. The molecule has 3 atom stereocenters. The normalized spacial score (nSPS) is 19.7. The van der Waals surface area contributed by atoms with Crippen LogP contribution in [0.1, 0.15) is 33.7 Å². The third-order valence-corrected chi connectivity index (χ3v) is 7.84. The summed E-state index contributed by atoms with van der Waals surface area (Å²) in [4.78, 5) is 0. The molecule has 0 saturated heterocycles. The molecule has 7 nitrogen and oxygen atoms in total. The van der Waals surface area contributed by atoms with Crippen molar-refractivity contribution >= 4 is 0 Å². The monoisotopic (exact) mass is 556 g/mol. The third kappa shape index (κ3) is 6.03. The molecule has 1 aliphatic rings. The van der Waals surface area contributed by atoms with Crippen LogP contribution in [0.15, 0.2) is 91.0 Å². The van der Waals surface area contributed by atoms with Gasteiger partial charge in [0.1, 0.15) is 13.2 Å². The van der Waals surface area contributed by atoms with Gasteiger partial charge < -0.3 is 34.3 Å². The summed E-state index contributed by atoms with van der Waals surface area (Å²) in [6.45, 7) is -0.0969. The van der Waals surface area contributed by atoms with E-state index in [0.29, 0.717) is 36.2 Å². The molecular formula is C34H36O7. The van der Waals surface area contributed by atoms with Crippen molar-refractivity contribution in [3.63, 3.8) is 0 Å². The summed E-state index contributed by atoms with van der Waals surface area (Å²) in [5, 5.41) is 32.4. The summed E-state index contributed by atoms with van der Waals surface area (Å²) in [7, 11) is 3.16. The van der Waals surface area contributed by atoms with Gasteiger partial charge in [-0.15, -0.1) is 0 Å². The van der Waals surface area contributed by atoms with Crippen molar-refractivity contribution in [1.82, 2.24) is 0 Å². The van der Waals surface area contributed by atoms with Gasteiger partial charge in [-0.25, -0.2) is 0 Å². The molecule has 0 aliphatic heterocycles. The largest absolute Gasteiger partial charge is 0.493 e. The molecule has 3 N–H and O–H groups in total. The fraction of sp³-hybridized carbons (Fsp3) is 0.294. The van der Waals surface area contributed by atoms with E-state index in [-0.39, 0.29) is 13.0 Å². The van der Waals surface area contributed by atoms with Crippen LogP contribution in [0, 0.1) is 5.92 Å². The molecule has 4 aromatic carbocycles. The van der Waals surface area contributed by atoms with Gasteiger partial charge in [0.05, 0.1) is 26.4 Å². The quantitative estimate of drug-likeness (QED) is 0.242. The molecule has 0 heterocycles. The number of fused-ring (bicyclic) bond motifs is 1. The molecule has 0 aromatic heterocycles. The number of hydrogen-bond acceptors (Lipinski definition) is 7. The molecule has 0 saturated carbocycles. The van der Waals surface area contributed by atoms with E-state index in [1.54, 1.807) is 14.2 Å². The first kappa shape index (κ1) is 28.5. The van der Waals surface area contributed by atoms with Gasteiger partial charge in [-0.2, -0.15) is 0 Å². The molecule has 5 rings (SSSR count). The zero-order valence-corrected chi connectivity index (χ0v) is 23.3. The molecule has 1 aliphatic carbocycles. The predicted molar refractivity (Wildman–Crippen MR) is 156 cm³/mol. The fourth-order valence-corrected chi connectivity index (χ4v) is 5.65. The lowest BCUT2D eigenvalue weighted by Gasteiger charge is -2.44. The van der Waals surface area contributed by atoms with E-state index in [9.17, 15) is 15.3 Å². The lowest BCUT2D eigenvalue weighted by atomic mass is 9.64. The van der Waals surface area contributed by atoms with E-state index < -0.39 is 24.0 Å². The van der Waals surface area contributed by atoms with Gasteiger partial charge in [-0.1, -0.05) is 66.7 Å². The van der Waals surface area contributed by atoms with Crippen LogP contribution in [-0.2, 0) is 19.6 Å². The van der Waals surface area contributed by atoms with Crippen molar-refractivity contribution < 1.29 is 34.3 Å². The van der Waals surface area contributed by atoms with Gasteiger partial charge in [0, 0.05) is 24.9 Å². The van der Waals surface area contributed by atoms with E-state index in [2.05, 4.69) is 0 Å². The lowest BCUT2D eigenvalue weighted by molar-refractivity contribution is -0.0875. The Morgan fingerprint density at radius 1 is 0.707 bits per heavy atom. The molecule has 4 aromatic rings. The number of aliphatic hydroxyl groups is 3. The van der Waals surface area contributed by atoms with Crippen molar-refractivity contribution in [1.29, 1.82) is 0 Å². The highest BCUT2D eigenvalue weighted by Gasteiger charge is 2.47. The van der Waals surface area contributed by atoms with E-state index in [1.807, 2.05) is 91.0 Å². The van der Waals surface area contributed by atoms with Crippen molar-refractivity contribution in [3.05, 3.63) is 119 Å². The van der Waals surface area contributed by atoms with Crippen LogP contribution in [-0.4, -0.2) is 48.4 Å². The average Bonchev–Trinajstić information content (AvgIpc) is 3.02. The Morgan fingerprint density at radius 3 is 1.85 bits per heavy atom. The number of hydrogen-bond donors (Lipinski definition) is 3. The summed E-state index contributed by atoms with van der Waals surface area (Å²) in [5.41, 5.74) is 3.00. The minimum atomic E-state index is -1.54. The first-order valence-electron chi connectivity index (χ1n) is 13.7. The fourth-order valence-electron chi connectivity index (χ4n) is 5.65. The van der Waals surface area contributed by atoms with Crippen LogP contribution in [0.4, 0.5) is 0 Å². The third-order valence-electron chi connectivity index (χ3n) is 7.84. The maximum atomic E-state index is 11.6. The second kappa shape index (κ2) is 12.6. The molecular weight excluding hydrogens is 520 g/mol. The van der Waals surface area contributed by atoms with Gasteiger partial charge in [0.2, 0.25) is 0 Å². The Labute approximate surface area is 240 Å². The summed E-state index contributed by atoms with van der Waals surface area (Å²) >= 11 is 0. The first-order chi connectivity index (χ1) is 20.0. The Morgan fingerprint density at radius 2 is 1.29 bits per heavy atom. The molecule has 0 bridgehead atoms. The molecule has 0 amide bonds. The van der Waals surface area contributed by atoms with Gasteiger partial charge in [0.15, 0.2) is 23.0 Å². The molecule has 41 heavy (non-hydrogen) atoms. The van der Waals surface area contributed by atoms with Gasteiger partial charge in [0.25, 0.3) is 0 Å². The van der Waals surface area contributed by atoms with E-state index in [4.69, 9.17) is 18.9 Å². The smallest absolute Gasteiger partial charge is 0.161 e. The van der Waals surface area contributed by atoms with Gasteiger partial charge in [-0.05, 0) is 52.1 Å². The summed E-state index contributed by atoms with van der Waals surface area (Å²) in [5.74, 6) is 1.04. The maximum absolute atomic E-state index is 11.6. The number of ether oxygens (including phenoxy) is 4. The molecule has 0 fully saturated rings. The minimum Gasteiger partial charge on any atom is -0.493 e. The molecule has 214 valence electrons. The van der Waals surface area contributed by atoms with Crippen LogP contribution in [0.5, 0.6) is 23.0 Å². The first-order valence-corrected chi connectivity index (χ1v) is 13.7. The average molecular weight is 557 g/mol. The predicted octanol–water partition coefficient (Wildman–Crippen LogP) is 4.88. The highest BCUT2D eigenvalue weighted by molar-refractivity contribution is 5.55. The number of rotatable bonds is 11. The molecule has 7 heteroatoms. The number of aliphatic hydroxyl groups excluding tert-OH is 2. The molecule has 0 radical (unpaired) electrons. The van der Waals surface area contributed by atoms with Gasteiger partial charge in [-0.3, -0.25) is 0 Å². The van der Waals surface area contributed by atoms with E-state index in [1.165, 1.54) is 0 Å². The van der Waals surface area contributed by atoms with Crippen LogP contribution in [0.25, 0.3) is 0 Å². The van der Waals surface area contributed by atoms with Crippen LogP contribution >= 0.6 is 0 Å². The number of methoxy groups -OCH3 is 2. The SMILES string of the molecule is COc1cc([C@@H]2c3cc(OCc4ccccc4)c(OC)cc3C[C@](O)(CO)[C@H]2CO)ccc1OCc1ccccc1. The van der Waals surface area contributed by atoms with Crippen molar-refractivity contribution in [3.8, 4) is 23.0 Å². The number of benzene rings is 4. The Balaban J connectivity index is 1.54. The maximum Gasteiger partial charge on any atom is 0.161 e. The van der Waals surface area contributed by atoms with Crippen LogP contribution in [0.2, 0.25) is 0 Å². The van der Waals surface area contributed by atoms with Crippen molar-refractivity contribution in [2.45, 2.75) is 31.2 Å². The van der Waals surface area contributed by atoms with Crippen molar-refractivity contribution in [2.24, 2.45) is 5.92 Å². The van der Waals surface area contributed by atoms with Crippen molar-refractivity contribution in [2.75, 3.05) is 27.4 Å². The Kier molecular flexibility index (Phi) is 8.78. The zero-order valence-electron chi connectivity index (χ0n) is 23.3.